The first kappa shape index (κ1) is 12.2. The van der Waals surface area contributed by atoms with Crippen molar-refractivity contribution < 1.29 is 0 Å². The normalized spacial score (nSPS) is 12.1. The number of pyridine rings is 1. The fraction of sp³-hybridized carbons (Fsp3) is 0.333. The predicted octanol–water partition coefficient (Wildman–Crippen LogP) is 1.28. The molecule has 2 aromatic heterocycles. The molecule has 0 aliphatic heterocycles. The summed E-state index contributed by atoms with van der Waals surface area (Å²) in [6, 6.07) is 4.27. The van der Waals surface area contributed by atoms with Gasteiger partial charge in [-0.15, -0.1) is 0 Å². The second kappa shape index (κ2) is 5.90. The van der Waals surface area contributed by atoms with E-state index in [1.807, 2.05) is 12.3 Å². The van der Waals surface area contributed by atoms with Gasteiger partial charge in [0.1, 0.15) is 6.33 Å². The summed E-state index contributed by atoms with van der Waals surface area (Å²) in [5.74, 6) is 0.744. The summed E-state index contributed by atoms with van der Waals surface area (Å²) in [6.45, 7) is 2.08. The van der Waals surface area contributed by atoms with Gasteiger partial charge in [-0.3, -0.25) is 4.98 Å². The van der Waals surface area contributed by atoms with Crippen LogP contribution in [0.1, 0.15) is 18.9 Å². The van der Waals surface area contributed by atoms with Crippen molar-refractivity contribution >= 4 is 11.9 Å². The Labute approximate surface area is 106 Å². The monoisotopic (exact) mass is 244 g/mol. The zero-order valence-corrected chi connectivity index (χ0v) is 10.2. The van der Waals surface area contributed by atoms with Crippen molar-refractivity contribution in [3.05, 3.63) is 36.4 Å². The standard InChI is InChI=1S/C12H16N6/c1-9(4-5-10-3-2-6-14-7-10)17-12-16-8-15-11(13)18-12/h2-3,6-9H,4-5H2,1H3,(H3,13,15,16,17,18). The Morgan fingerprint density at radius 3 is 3.00 bits per heavy atom. The van der Waals surface area contributed by atoms with Gasteiger partial charge in [0, 0.05) is 18.4 Å². The van der Waals surface area contributed by atoms with Crippen molar-refractivity contribution in [1.29, 1.82) is 0 Å². The highest BCUT2D eigenvalue weighted by atomic mass is 15.2. The van der Waals surface area contributed by atoms with Gasteiger partial charge in [-0.2, -0.15) is 4.98 Å². The van der Waals surface area contributed by atoms with Crippen LogP contribution in [0.2, 0.25) is 0 Å². The minimum Gasteiger partial charge on any atom is -0.368 e. The van der Waals surface area contributed by atoms with Gasteiger partial charge in [-0.05, 0) is 31.4 Å². The van der Waals surface area contributed by atoms with Crippen LogP contribution in [0.4, 0.5) is 11.9 Å². The SMILES string of the molecule is CC(CCc1cccnc1)Nc1ncnc(N)n1. The van der Waals surface area contributed by atoms with Crippen molar-refractivity contribution in [2.45, 2.75) is 25.8 Å². The number of nitrogens with zero attached hydrogens (tertiary/aromatic N) is 4. The van der Waals surface area contributed by atoms with Crippen LogP contribution in [-0.2, 0) is 6.42 Å². The van der Waals surface area contributed by atoms with E-state index in [4.69, 9.17) is 5.73 Å². The van der Waals surface area contributed by atoms with Gasteiger partial charge in [0.2, 0.25) is 11.9 Å². The fourth-order valence-corrected chi connectivity index (χ4v) is 1.60. The summed E-state index contributed by atoms with van der Waals surface area (Å²) >= 11 is 0. The summed E-state index contributed by atoms with van der Waals surface area (Å²) in [7, 11) is 0. The Hall–Kier alpha value is -2.24. The average molecular weight is 244 g/mol. The number of nitrogens with two attached hydrogens (primary N) is 1. The summed E-state index contributed by atoms with van der Waals surface area (Å²) in [5, 5.41) is 3.19. The first-order valence-electron chi connectivity index (χ1n) is 5.84. The molecule has 1 unspecified atom stereocenters. The quantitative estimate of drug-likeness (QED) is 0.823. The smallest absolute Gasteiger partial charge is 0.227 e. The lowest BCUT2D eigenvalue weighted by Crippen LogP contribution is -2.18. The molecule has 3 N–H and O–H groups in total. The number of nitrogen functional groups attached to an aromatic ring is 1. The number of hydrogen-bond acceptors (Lipinski definition) is 6. The topological polar surface area (TPSA) is 89.6 Å². The highest BCUT2D eigenvalue weighted by Gasteiger charge is 2.05. The molecule has 18 heavy (non-hydrogen) atoms. The number of aromatic nitrogens is 4. The first-order valence-corrected chi connectivity index (χ1v) is 5.84. The highest BCUT2D eigenvalue weighted by Crippen LogP contribution is 2.07. The number of aryl methyl sites for hydroxylation is 1. The summed E-state index contributed by atoms with van der Waals surface area (Å²) in [6.07, 6.45) is 6.99. The molecule has 2 rings (SSSR count). The van der Waals surface area contributed by atoms with Crippen molar-refractivity contribution in [2.75, 3.05) is 11.1 Å². The molecule has 0 amide bonds. The van der Waals surface area contributed by atoms with E-state index in [2.05, 4.69) is 38.2 Å². The number of nitrogens with one attached hydrogen (secondary N) is 1. The van der Waals surface area contributed by atoms with E-state index < -0.39 is 0 Å². The fourth-order valence-electron chi connectivity index (χ4n) is 1.60. The third-order valence-corrected chi connectivity index (χ3v) is 2.55. The first-order chi connectivity index (χ1) is 8.74. The maximum atomic E-state index is 5.49. The third-order valence-electron chi connectivity index (χ3n) is 2.55. The largest absolute Gasteiger partial charge is 0.368 e. The molecular weight excluding hydrogens is 228 g/mol. The lowest BCUT2D eigenvalue weighted by molar-refractivity contribution is 0.696. The van der Waals surface area contributed by atoms with Crippen LogP contribution in [0.25, 0.3) is 0 Å². The third kappa shape index (κ3) is 3.65. The Morgan fingerprint density at radius 1 is 1.39 bits per heavy atom. The molecular formula is C12H16N6. The molecule has 0 aliphatic carbocycles. The molecule has 0 saturated carbocycles. The molecule has 0 fully saturated rings. The molecule has 2 heterocycles. The van der Waals surface area contributed by atoms with Crippen LogP contribution in [0.15, 0.2) is 30.9 Å². The number of hydrogen-bond donors (Lipinski definition) is 2. The lowest BCUT2D eigenvalue weighted by Gasteiger charge is -2.13. The lowest BCUT2D eigenvalue weighted by atomic mass is 10.1. The van der Waals surface area contributed by atoms with Gasteiger partial charge < -0.3 is 11.1 Å². The van der Waals surface area contributed by atoms with E-state index in [0.717, 1.165) is 12.8 Å². The Kier molecular flexibility index (Phi) is 4.01. The highest BCUT2D eigenvalue weighted by molar-refractivity contribution is 5.29. The average Bonchev–Trinajstić information content (AvgIpc) is 2.38. The molecule has 0 radical (unpaired) electrons. The van der Waals surface area contributed by atoms with Gasteiger partial charge >= 0.3 is 0 Å². The van der Waals surface area contributed by atoms with Crippen LogP contribution >= 0.6 is 0 Å². The van der Waals surface area contributed by atoms with Crippen LogP contribution < -0.4 is 11.1 Å². The maximum absolute atomic E-state index is 5.49. The number of rotatable bonds is 5. The summed E-state index contributed by atoms with van der Waals surface area (Å²) < 4.78 is 0. The Bertz CT molecular complexity index is 487. The van der Waals surface area contributed by atoms with E-state index >= 15 is 0 Å². The van der Waals surface area contributed by atoms with E-state index in [1.54, 1.807) is 6.20 Å². The van der Waals surface area contributed by atoms with Crippen molar-refractivity contribution in [3.63, 3.8) is 0 Å². The molecule has 0 aliphatic rings. The minimum atomic E-state index is 0.229. The van der Waals surface area contributed by atoms with Gasteiger partial charge in [0.05, 0.1) is 0 Å². The molecule has 6 heteroatoms. The van der Waals surface area contributed by atoms with Crippen LogP contribution in [0.3, 0.4) is 0 Å². The Morgan fingerprint density at radius 2 is 2.28 bits per heavy atom. The molecule has 2 aromatic rings. The van der Waals surface area contributed by atoms with Gasteiger partial charge in [-0.1, -0.05) is 6.07 Å². The second-order valence-electron chi connectivity index (χ2n) is 4.11. The minimum absolute atomic E-state index is 0.229. The maximum Gasteiger partial charge on any atom is 0.227 e. The molecule has 6 nitrogen and oxygen atoms in total. The Balaban J connectivity index is 1.84. The van der Waals surface area contributed by atoms with Crippen molar-refractivity contribution in [3.8, 4) is 0 Å². The van der Waals surface area contributed by atoms with Crippen molar-refractivity contribution in [2.24, 2.45) is 0 Å². The zero-order chi connectivity index (χ0) is 12.8. The molecule has 0 spiro atoms. The summed E-state index contributed by atoms with van der Waals surface area (Å²) in [4.78, 5) is 15.8. The predicted molar refractivity (Wildman–Crippen MR) is 69.9 cm³/mol. The van der Waals surface area contributed by atoms with E-state index in [9.17, 15) is 0 Å². The van der Waals surface area contributed by atoms with E-state index in [1.165, 1.54) is 11.9 Å². The second-order valence-corrected chi connectivity index (χ2v) is 4.11. The van der Waals surface area contributed by atoms with Gasteiger partial charge in [0.25, 0.3) is 0 Å². The van der Waals surface area contributed by atoms with Crippen LogP contribution in [-0.4, -0.2) is 26.0 Å². The molecule has 0 bridgehead atoms. The van der Waals surface area contributed by atoms with Gasteiger partial charge in [-0.25, -0.2) is 9.97 Å². The van der Waals surface area contributed by atoms with E-state index in [-0.39, 0.29) is 12.0 Å². The van der Waals surface area contributed by atoms with Crippen LogP contribution in [0, 0.1) is 0 Å². The van der Waals surface area contributed by atoms with Gasteiger partial charge in [0.15, 0.2) is 0 Å². The molecule has 1 atom stereocenters. The number of anilines is 2. The van der Waals surface area contributed by atoms with Crippen molar-refractivity contribution in [1.82, 2.24) is 19.9 Å². The summed E-state index contributed by atoms with van der Waals surface area (Å²) in [5.41, 5.74) is 6.71. The van der Waals surface area contributed by atoms with Crippen LogP contribution in [0.5, 0.6) is 0 Å². The molecule has 94 valence electrons. The molecule has 0 saturated heterocycles. The van der Waals surface area contributed by atoms with E-state index in [0.29, 0.717) is 5.95 Å². The zero-order valence-electron chi connectivity index (χ0n) is 10.2. The molecule has 0 aromatic carbocycles.